The lowest BCUT2D eigenvalue weighted by Crippen LogP contribution is -2.28. The fraction of sp³-hybridized carbons (Fsp3) is 0.733. The molecule has 0 amide bonds. The molecule has 0 bridgehead atoms. The molecule has 1 fully saturated rings. The van der Waals surface area contributed by atoms with Crippen LogP contribution in [0, 0.1) is 23.7 Å². The van der Waals surface area contributed by atoms with Crippen molar-refractivity contribution < 1.29 is 0 Å². The van der Waals surface area contributed by atoms with Gasteiger partial charge in [0.1, 0.15) is 0 Å². The Morgan fingerprint density at radius 2 is 2.07 bits per heavy atom. The third-order valence-electron chi connectivity index (χ3n) is 4.25. The van der Waals surface area contributed by atoms with Crippen LogP contribution in [0.1, 0.15) is 46.5 Å². The second-order valence-electron chi connectivity index (χ2n) is 5.77. The van der Waals surface area contributed by atoms with Crippen molar-refractivity contribution in [3.05, 3.63) is 23.8 Å². The van der Waals surface area contributed by atoms with Gasteiger partial charge in [-0.15, -0.1) is 0 Å². The molecule has 0 N–H and O–H groups in total. The van der Waals surface area contributed by atoms with Gasteiger partial charge in [0.05, 0.1) is 0 Å². The van der Waals surface area contributed by atoms with Crippen LogP contribution in [0.15, 0.2) is 23.8 Å². The van der Waals surface area contributed by atoms with Crippen molar-refractivity contribution in [1.82, 2.24) is 0 Å². The zero-order chi connectivity index (χ0) is 10.8. The van der Waals surface area contributed by atoms with Crippen LogP contribution in [-0.4, -0.2) is 0 Å². The van der Waals surface area contributed by atoms with Gasteiger partial charge in [-0.3, -0.25) is 0 Å². The minimum atomic E-state index is 0.845. The summed E-state index contributed by atoms with van der Waals surface area (Å²) >= 11 is 0. The average Bonchev–Trinajstić information content (AvgIpc) is 2.69. The van der Waals surface area contributed by atoms with E-state index in [0.717, 1.165) is 23.7 Å². The van der Waals surface area contributed by atoms with Gasteiger partial charge in [0.25, 0.3) is 0 Å². The van der Waals surface area contributed by atoms with Crippen LogP contribution in [0.2, 0.25) is 0 Å². The molecule has 1 saturated carbocycles. The normalized spacial score (nSPS) is 36.0. The van der Waals surface area contributed by atoms with E-state index in [-0.39, 0.29) is 0 Å². The van der Waals surface area contributed by atoms with Gasteiger partial charge in [0.2, 0.25) is 0 Å². The molecule has 0 heteroatoms. The molecule has 84 valence electrons. The molecule has 2 aliphatic rings. The van der Waals surface area contributed by atoms with Crippen LogP contribution in [0.25, 0.3) is 0 Å². The zero-order valence-electron chi connectivity index (χ0n) is 10.4. The van der Waals surface area contributed by atoms with Crippen molar-refractivity contribution in [2.45, 2.75) is 46.5 Å². The molecular formula is C15H24. The van der Waals surface area contributed by atoms with Gasteiger partial charge in [0.15, 0.2) is 0 Å². The van der Waals surface area contributed by atoms with Gasteiger partial charge in [-0.05, 0) is 48.5 Å². The van der Waals surface area contributed by atoms with Crippen molar-refractivity contribution in [3.8, 4) is 0 Å². The van der Waals surface area contributed by atoms with Crippen LogP contribution in [0.3, 0.4) is 0 Å². The molecule has 2 aliphatic carbocycles. The highest BCUT2D eigenvalue weighted by Crippen LogP contribution is 2.42. The molecule has 0 unspecified atom stereocenters. The fourth-order valence-corrected chi connectivity index (χ4v) is 3.34. The molecule has 2 rings (SSSR count). The molecular weight excluding hydrogens is 180 g/mol. The highest BCUT2D eigenvalue weighted by molar-refractivity contribution is 5.29. The Morgan fingerprint density at radius 1 is 1.27 bits per heavy atom. The van der Waals surface area contributed by atoms with Crippen LogP contribution in [-0.2, 0) is 0 Å². The van der Waals surface area contributed by atoms with E-state index in [1.54, 1.807) is 5.57 Å². The first-order valence-electron chi connectivity index (χ1n) is 6.55. The van der Waals surface area contributed by atoms with E-state index in [4.69, 9.17) is 0 Å². The highest BCUT2D eigenvalue weighted by atomic mass is 14.4. The Hall–Kier alpha value is -0.520. The Kier molecular flexibility index (Phi) is 3.33. The maximum atomic E-state index is 2.44. The van der Waals surface area contributed by atoms with E-state index in [9.17, 15) is 0 Å². The van der Waals surface area contributed by atoms with Crippen LogP contribution in [0.5, 0.6) is 0 Å². The average molecular weight is 204 g/mol. The molecule has 0 radical (unpaired) electrons. The molecule has 0 aromatic heterocycles. The lowest BCUT2D eigenvalue weighted by atomic mass is 9.67. The highest BCUT2D eigenvalue weighted by Gasteiger charge is 2.32. The number of rotatable bonds is 2. The summed E-state index contributed by atoms with van der Waals surface area (Å²) in [6, 6.07) is 0. The third-order valence-corrected chi connectivity index (χ3v) is 4.25. The van der Waals surface area contributed by atoms with E-state index in [1.807, 2.05) is 0 Å². The van der Waals surface area contributed by atoms with Crippen LogP contribution in [0.4, 0.5) is 0 Å². The standard InChI is InChI=1S/C15H24/c1-11(2)14-9-8-12(3)10-15(14)13-6-4-5-7-13/h4,6-7,11-12,14-15H,5,8-10H2,1-3H3/t12-,14+,15+/m1/s1. The summed E-state index contributed by atoms with van der Waals surface area (Å²) in [6.07, 6.45) is 12.6. The zero-order valence-corrected chi connectivity index (χ0v) is 10.4. The van der Waals surface area contributed by atoms with Crippen LogP contribution >= 0.6 is 0 Å². The van der Waals surface area contributed by atoms with Gasteiger partial charge < -0.3 is 0 Å². The Morgan fingerprint density at radius 3 is 2.67 bits per heavy atom. The second kappa shape index (κ2) is 4.55. The molecule has 0 aromatic carbocycles. The van der Waals surface area contributed by atoms with E-state index in [0.29, 0.717) is 0 Å². The summed E-state index contributed by atoms with van der Waals surface area (Å²) in [5.41, 5.74) is 1.64. The first-order chi connectivity index (χ1) is 7.18. The predicted octanol–water partition coefficient (Wildman–Crippen LogP) is 4.58. The van der Waals surface area contributed by atoms with Crippen LogP contribution < -0.4 is 0 Å². The largest absolute Gasteiger partial charge is 0.0805 e. The van der Waals surface area contributed by atoms with E-state index in [2.05, 4.69) is 39.0 Å². The SMILES string of the molecule is CC(C)[C@@H]1CC[C@@H](C)C[C@H]1C1=CCC=C1. The first-order valence-corrected chi connectivity index (χ1v) is 6.55. The van der Waals surface area contributed by atoms with Crippen molar-refractivity contribution >= 4 is 0 Å². The molecule has 0 nitrogen and oxygen atoms in total. The minimum absolute atomic E-state index is 0.845. The maximum Gasteiger partial charge on any atom is -0.0132 e. The summed E-state index contributed by atoms with van der Waals surface area (Å²) in [5, 5.41) is 0. The van der Waals surface area contributed by atoms with E-state index < -0.39 is 0 Å². The van der Waals surface area contributed by atoms with Gasteiger partial charge in [0, 0.05) is 0 Å². The summed E-state index contributed by atoms with van der Waals surface area (Å²) in [5.74, 6) is 3.56. The topological polar surface area (TPSA) is 0 Å². The Labute approximate surface area is 94.5 Å². The van der Waals surface area contributed by atoms with Gasteiger partial charge in [-0.1, -0.05) is 45.4 Å². The van der Waals surface area contributed by atoms with E-state index >= 15 is 0 Å². The van der Waals surface area contributed by atoms with Crippen molar-refractivity contribution in [1.29, 1.82) is 0 Å². The lowest BCUT2D eigenvalue weighted by Gasteiger charge is -2.38. The smallest absolute Gasteiger partial charge is 0.0132 e. The fourth-order valence-electron chi connectivity index (χ4n) is 3.34. The molecule has 15 heavy (non-hydrogen) atoms. The van der Waals surface area contributed by atoms with Crippen molar-refractivity contribution in [2.24, 2.45) is 23.7 Å². The summed E-state index contributed by atoms with van der Waals surface area (Å²) in [4.78, 5) is 0. The molecule has 3 atom stereocenters. The second-order valence-corrected chi connectivity index (χ2v) is 5.77. The van der Waals surface area contributed by atoms with Gasteiger partial charge >= 0.3 is 0 Å². The minimum Gasteiger partial charge on any atom is -0.0805 e. The monoisotopic (exact) mass is 204 g/mol. The molecule has 0 heterocycles. The molecule has 0 spiro atoms. The summed E-state index contributed by atoms with van der Waals surface area (Å²) in [6.45, 7) is 7.21. The number of hydrogen-bond donors (Lipinski definition) is 0. The summed E-state index contributed by atoms with van der Waals surface area (Å²) < 4.78 is 0. The Balaban J connectivity index is 2.12. The summed E-state index contributed by atoms with van der Waals surface area (Å²) in [7, 11) is 0. The van der Waals surface area contributed by atoms with Gasteiger partial charge in [-0.25, -0.2) is 0 Å². The van der Waals surface area contributed by atoms with E-state index in [1.165, 1.54) is 25.7 Å². The quantitative estimate of drug-likeness (QED) is 0.617. The van der Waals surface area contributed by atoms with Crippen molar-refractivity contribution in [2.75, 3.05) is 0 Å². The first kappa shape index (κ1) is 11.0. The molecule has 0 aliphatic heterocycles. The van der Waals surface area contributed by atoms with Crippen molar-refractivity contribution in [3.63, 3.8) is 0 Å². The number of allylic oxidation sites excluding steroid dienone is 4. The predicted molar refractivity (Wildman–Crippen MR) is 66.7 cm³/mol. The maximum absolute atomic E-state index is 2.44. The third kappa shape index (κ3) is 2.35. The molecule has 0 saturated heterocycles. The lowest BCUT2D eigenvalue weighted by molar-refractivity contribution is 0.172. The Bertz CT molecular complexity index is 270. The number of hydrogen-bond acceptors (Lipinski definition) is 0. The van der Waals surface area contributed by atoms with Gasteiger partial charge in [-0.2, -0.15) is 0 Å². The molecule has 0 aromatic rings.